The average molecular weight is 268 g/mol. The molecule has 1 saturated heterocycles. The molecule has 0 aromatic carbocycles. The van der Waals surface area contributed by atoms with Crippen LogP contribution < -0.4 is 10.6 Å². The van der Waals surface area contributed by atoms with Crippen molar-refractivity contribution in [2.45, 2.75) is 31.6 Å². The normalized spacial score (nSPS) is 20.1. The van der Waals surface area contributed by atoms with Gasteiger partial charge in [-0.05, 0) is 25.5 Å². The van der Waals surface area contributed by atoms with E-state index in [9.17, 15) is 0 Å². The van der Waals surface area contributed by atoms with Crippen molar-refractivity contribution in [3.63, 3.8) is 0 Å². The number of nitrogens with zero attached hydrogens (tertiary/aromatic N) is 2. The van der Waals surface area contributed by atoms with E-state index in [2.05, 4.69) is 20.8 Å². The van der Waals surface area contributed by atoms with Crippen molar-refractivity contribution in [3.8, 4) is 0 Å². The van der Waals surface area contributed by atoms with Crippen LogP contribution in [0.3, 0.4) is 0 Å². The number of hydrogen-bond donors (Lipinski definition) is 2. The average Bonchev–Trinajstić information content (AvgIpc) is 3.01. The summed E-state index contributed by atoms with van der Waals surface area (Å²) in [6.45, 7) is 3.50. The molecule has 0 bridgehead atoms. The Morgan fingerprint density at radius 3 is 3.11 bits per heavy atom. The molecule has 18 heavy (non-hydrogen) atoms. The van der Waals surface area contributed by atoms with Crippen LogP contribution in [0.5, 0.6) is 0 Å². The number of hydrogen-bond acceptors (Lipinski definition) is 4. The van der Waals surface area contributed by atoms with E-state index in [1.165, 1.54) is 18.6 Å². The summed E-state index contributed by atoms with van der Waals surface area (Å²) in [5.41, 5.74) is 0.900. The van der Waals surface area contributed by atoms with Crippen LogP contribution in [0.4, 0.5) is 0 Å². The SMILES string of the molecule is CN=C(NCc1cc(C)no1)NCC1CCCS1. The van der Waals surface area contributed by atoms with Crippen molar-refractivity contribution in [2.24, 2.45) is 4.99 Å². The van der Waals surface area contributed by atoms with Gasteiger partial charge in [-0.2, -0.15) is 11.8 Å². The van der Waals surface area contributed by atoms with Gasteiger partial charge in [0.2, 0.25) is 0 Å². The first-order valence-corrected chi connectivity index (χ1v) is 7.31. The molecule has 0 amide bonds. The molecule has 0 saturated carbocycles. The first kappa shape index (κ1) is 13.3. The third-order valence-electron chi connectivity index (χ3n) is 2.85. The van der Waals surface area contributed by atoms with Crippen LogP contribution in [0.2, 0.25) is 0 Å². The maximum absolute atomic E-state index is 5.14. The standard InChI is InChI=1S/C12H20N4OS/c1-9-6-10(17-16-9)7-14-12(13-2)15-8-11-4-3-5-18-11/h6,11H,3-5,7-8H2,1-2H3,(H2,13,14,15). The van der Waals surface area contributed by atoms with Gasteiger partial charge >= 0.3 is 0 Å². The number of aryl methyl sites for hydroxylation is 1. The van der Waals surface area contributed by atoms with Crippen LogP contribution in [-0.2, 0) is 6.54 Å². The van der Waals surface area contributed by atoms with Crippen molar-refractivity contribution in [2.75, 3.05) is 19.3 Å². The Morgan fingerprint density at radius 2 is 2.50 bits per heavy atom. The maximum Gasteiger partial charge on any atom is 0.191 e. The lowest BCUT2D eigenvalue weighted by molar-refractivity contribution is 0.376. The van der Waals surface area contributed by atoms with E-state index >= 15 is 0 Å². The zero-order valence-corrected chi connectivity index (χ0v) is 11.7. The lowest BCUT2D eigenvalue weighted by Gasteiger charge is -2.13. The highest BCUT2D eigenvalue weighted by Gasteiger charge is 2.15. The Bertz CT molecular complexity index is 399. The third-order valence-corrected chi connectivity index (χ3v) is 4.25. The number of guanidine groups is 1. The Balaban J connectivity index is 1.72. The number of rotatable bonds is 4. The van der Waals surface area contributed by atoms with E-state index in [1.54, 1.807) is 7.05 Å². The Kier molecular flexibility index (Phi) is 4.92. The van der Waals surface area contributed by atoms with E-state index in [4.69, 9.17) is 4.52 Å². The smallest absolute Gasteiger partial charge is 0.191 e. The van der Waals surface area contributed by atoms with Crippen LogP contribution in [0, 0.1) is 6.92 Å². The van der Waals surface area contributed by atoms with Gasteiger partial charge in [0, 0.05) is 24.9 Å². The minimum atomic E-state index is 0.609. The molecular weight excluding hydrogens is 248 g/mol. The summed E-state index contributed by atoms with van der Waals surface area (Å²) in [5.74, 6) is 2.93. The second-order valence-electron chi connectivity index (χ2n) is 4.38. The topological polar surface area (TPSA) is 62.5 Å². The summed E-state index contributed by atoms with van der Waals surface area (Å²) in [6.07, 6.45) is 2.64. The molecule has 0 radical (unpaired) electrons. The molecule has 1 atom stereocenters. The molecule has 1 aromatic heterocycles. The summed E-state index contributed by atoms with van der Waals surface area (Å²) in [5, 5.41) is 11.1. The highest BCUT2D eigenvalue weighted by Crippen LogP contribution is 2.25. The van der Waals surface area contributed by atoms with Gasteiger partial charge in [0.15, 0.2) is 11.7 Å². The molecule has 1 aromatic rings. The molecule has 1 fully saturated rings. The van der Waals surface area contributed by atoms with Crippen molar-refractivity contribution < 1.29 is 4.52 Å². The van der Waals surface area contributed by atoms with E-state index in [0.29, 0.717) is 6.54 Å². The van der Waals surface area contributed by atoms with Gasteiger partial charge in [-0.25, -0.2) is 0 Å². The first-order valence-electron chi connectivity index (χ1n) is 6.26. The van der Waals surface area contributed by atoms with E-state index in [1.807, 2.05) is 24.8 Å². The highest BCUT2D eigenvalue weighted by molar-refractivity contribution is 8.00. The van der Waals surface area contributed by atoms with Gasteiger partial charge in [0.05, 0.1) is 12.2 Å². The van der Waals surface area contributed by atoms with Crippen molar-refractivity contribution >= 4 is 17.7 Å². The molecule has 5 nitrogen and oxygen atoms in total. The zero-order chi connectivity index (χ0) is 12.8. The summed E-state index contributed by atoms with van der Waals surface area (Å²) < 4.78 is 5.14. The summed E-state index contributed by atoms with van der Waals surface area (Å²) >= 11 is 2.04. The highest BCUT2D eigenvalue weighted by atomic mass is 32.2. The molecular formula is C12H20N4OS. The van der Waals surface area contributed by atoms with Crippen LogP contribution in [0.15, 0.2) is 15.6 Å². The monoisotopic (exact) mass is 268 g/mol. The minimum Gasteiger partial charge on any atom is -0.359 e. The maximum atomic E-state index is 5.14. The predicted octanol–water partition coefficient (Wildman–Crippen LogP) is 1.54. The van der Waals surface area contributed by atoms with Gasteiger partial charge in [-0.15, -0.1) is 0 Å². The second kappa shape index (κ2) is 6.68. The van der Waals surface area contributed by atoms with E-state index in [0.717, 1.165) is 29.2 Å². The first-order chi connectivity index (χ1) is 8.78. The van der Waals surface area contributed by atoms with E-state index in [-0.39, 0.29) is 0 Å². The lowest BCUT2D eigenvalue weighted by Crippen LogP contribution is -2.39. The molecule has 0 spiro atoms. The van der Waals surface area contributed by atoms with Crippen LogP contribution in [-0.4, -0.2) is 35.7 Å². The van der Waals surface area contributed by atoms with E-state index < -0.39 is 0 Å². The molecule has 100 valence electrons. The minimum absolute atomic E-state index is 0.609. The van der Waals surface area contributed by atoms with Gasteiger partial charge in [-0.3, -0.25) is 4.99 Å². The molecule has 2 heterocycles. The van der Waals surface area contributed by atoms with Gasteiger partial charge in [-0.1, -0.05) is 5.16 Å². The quantitative estimate of drug-likeness (QED) is 0.641. The predicted molar refractivity (Wildman–Crippen MR) is 74.9 cm³/mol. The summed E-state index contributed by atoms with van der Waals surface area (Å²) in [4.78, 5) is 4.19. The molecule has 1 aliphatic heterocycles. The Hall–Kier alpha value is -1.17. The van der Waals surface area contributed by atoms with Gasteiger partial charge in [0.1, 0.15) is 0 Å². The molecule has 1 unspecified atom stereocenters. The van der Waals surface area contributed by atoms with Crippen molar-refractivity contribution in [1.29, 1.82) is 0 Å². The van der Waals surface area contributed by atoms with Crippen molar-refractivity contribution in [1.82, 2.24) is 15.8 Å². The Labute approximate surface area is 112 Å². The fourth-order valence-corrected chi connectivity index (χ4v) is 3.11. The lowest BCUT2D eigenvalue weighted by atomic mass is 10.2. The molecule has 0 aliphatic carbocycles. The fraction of sp³-hybridized carbons (Fsp3) is 0.667. The van der Waals surface area contributed by atoms with Gasteiger partial charge in [0.25, 0.3) is 0 Å². The molecule has 2 rings (SSSR count). The van der Waals surface area contributed by atoms with Crippen LogP contribution in [0.1, 0.15) is 24.3 Å². The Morgan fingerprint density at radius 1 is 1.61 bits per heavy atom. The molecule has 6 heteroatoms. The number of aromatic nitrogens is 1. The molecule has 1 aliphatic rings. The summed E-state index contributed by atoms with van der Waals surface area (Å²) in [6, 6.07) is 1.92. The summed E-state index contributed by atoms with van der Waals surface area (Å²) in [7, 11) is 1.78. The number of thioether (sulfide) groups is 1. The number of nitrogens with one attached hydrogen (secondary N) is 2. The second-order valence-corrected chi connectivity index (χ2v) is 5.78. The fourth-order valence-electron chi connectivity index (χ4n) is 1.91. The number of aliphatic imine (C=N–C) groups is 1. The van der Waals surface area contributed by atoms with Crippen LogP contribution >= 0.6 is 11.8 Å². The largest absolute Gasteiger partial charge is 0.359 e. The zero-order valence-electron chi connectivity index (χ0n) is 10.9. The van der Waals surface area contributed by atoms with Gasteiger partial charge < -0.3 is 15.2 Å². The molecule has 2 N–H and O–H groups in total. The third kappa shape index (κ3) is 3.94. The van der Waals surface area contributed by atoms with Crippen molar-refractivity contribution in [3.05, 3.63) is 17.5 Å². The van der Waals surface area contributed by atoms with Crippen LogP contribution in [0.25, 0.3) is 0 Å².